The lowest BCUT2D eigenvalue weighted by Gasteiger charge is -2.34. The van der Waals surface area contributed by atoms with E-state index in [-0.39, 0.29) is 17.9 Å². The number of anilines is 1. The zero-order valence-electron chi connectivity index (χ0n) is 22.0. The highest BCUT2D eigenvalue weighted by atomic mass is 32.1. The molecule has 1 aliphatic carbocycles. The van der Waals surface area contributed by atoms with Crippen LogP contribution in [0.5, 0.6) is 11.5 Å². The van der Waals surface area contributed by atoms with E-state index in [2.05, 4.69) is 10.3 Å². The third-order valence-corrected chi connectivity index (χ3v) is 7.69. The van der Waals surface area contributed by atoms with Gasteiger partial charge < -0.3 is 14.8 Å². The maximum Gasteiger partial charge on any atom is 0.271 e. The minimum Gasteiger partial charge on any atom is -0.497 e. The number of benzene rings is 2. The molecule has 0 aliphatic heterocycles. The van der Waals surface area contributed by atoms with Gasteiger partial charge in [-0.15, -0.1) is 11.3 Å². The largest absolute Gasteiger partial charge is 0.497 e. The summed E-state index contributed by atoms with van der Waals surface area (Å²) < 4.78 is 11.3. The third kappa shape index (κ3) is 6.13. The summed E-state index contributed by atoms with van der Waals surface area (Å²) in [4.78, 5) is 35.0. The van der Waals surface area contributed by atoms with Crippen molar-refractivity contribution in [3.63, 3.8) is 0 Å². The molecule has 196 valence electrons. The number of hydrogen-bond acceptors (Lipinski definition) is 6. The van der Waals surface area contributed by atoms with Gasteiger partial charge in [0.25, 0.3) is 5.91 Å². The molecule has 1 aromatic heterocycles. The fraction of sp³-hybridized carbons (Fsp3) is 0.414. The van der Waals surface area contributed by atoms with Crippen LogP contribution in [0.25, 0.3) is 0 Å². The molecule has 1 N–H and O–H groups in total. The second-order valence-corrected chi connectivity index (χ2v) is 10.4. The van der Waals surface area contributed by atoms with Gasteiger partial charge in [-0.25, -0.2) is 4.98 Å². The Hall–Kier alpha value is -3.39. The van der Waals surface area contributed by atoms with Gasteiger partial charge in [-0.2, -0.15) is 0 Å². The molecule has 2 aromatic carbocycles. The first-order valence-corrected chi connectivity index (χ1v) is 13.7. The van der Waals surface area contributed by atoms with Crippen LogP contribution in [0.15, 0.2) is 48.5 Å². The van der Waals surface area contributed by atoms with Gasteiger partial charge in [-0.1, -0.05) is 43.5 Å². The number of ether oxygens (including phenoxy) is 2. The first-order chi connectivity index (χ1) is 17.9. The minimum atomic E-state index is -0.913. The zero-order chi connectivity index (χ0) is 26.4. The van der Waals surface area contributed by atoms with Crippen LogP contribution in [0.2, 0.25) is 0 Å². The standard InChI is InChI=1S/C29H35N3O4S/c1-5-36-25-14-10-9-13-24(25)32(29(34)27-19(2)30-20(3)37-27)26(21-15-17-23(35-4)18-16-21)28(33)31-22-11-7-6-8-12-22/h9-10,13-18,22,26H,5-8,11-12H2,1-4H3,(H,31,33)/t26-/m1/s1. The summed E-state index contributed by atoms with van der Waals surface area (Å²) in [7, 11) is 1.60. The predicted molar refractivity (Wildman–Crippen MR) is 147 cm³/mol. The predicted octanol–water partition coefficient (Wildman–Crippen LogP) is 6.00. The Kier molecular flexibility index (Phi) is 8.82. The molecular weight excluding hydrogens is 486 g/mol. The van der Waals surface area contributed by atoms with Crippen molar-refractivity contribution in [1.82, 2.24) is 10.3 Å². The zero-order valence-corrected chi connectivity index (χ0v) is 22.8. The molecule has 37 heavy (non-hydrogen) atoms. The number of methoxy groups -OCH3 is 1. The van der Waals surface area contributed by atoms with Crippen molar-refractivity contribution in [3.8, 4) is 11.5 Å². The van der Waals surface area contributed by atoms with Crippen molar-refractivity contribution in [1.29, 1.82) is 0 Å². The summed E-state index contributed by atoms with van der Waals surface area (Å²) >= 11 is 1.34. The van der Waals surface area contributed by atoms with Crippen molar-refractivity contribution in [2.45, 2.75) is 65.0 Å². The van der Waals surface area contributed by atoms with E-state index in [4.69, 9.17) is 9.47 Å². The number of aryl methyl sites for hydroxylation is 2. The lowest BCUT2D eigenvalue weighted by Crippen LogP contribution is -2.47. The summed E-state index contributed by atoms with van der Waals surface area (Å²) in [6.07, 6.45) is 5.25. The summed E-state index contributed by atoms with van der Waals surface area (Å²) in [5.41, 5.74) is 1.87. The van der Waals surface area contributed by atoms with E-state index in [1.807, 2.05) is 69.3 Å². The van der Waals surface area contributed by atoms with E-state index in [9.17, 15) is 9.59 Å². The Morgan fingerprint density at radius 3 is 2.41 bits per heavy atom. The average molecular weight is 522 g/mol. The Morgan fingerprint density at radius 1 is 1.08 bits per heavy atom. The quantitative estimate of drug-likeness (QED) is 0.373. The van der Waals surface area contributed by atoms with Crippen LogP contribution in [0, 0.1) is 13.8 Å². The van der Waals surface area contributed by atoms with E-state index in [1.54, 1.807) is 12.0 Å². The molecule has 1 atom stereocenters. The maximum absolute atomic E-state index is 14.3. The van der Waals surface area contributed by atoms with E-state index in [1.165, 1.54) is 17.8 Å². The topological polar surface area (TPSA) is 80.8 Å². The smallest absolute Gasteiger partial charge is 0.271 e. The molecule has 1 aliphatic rings. The number of carbonyl (C=O) groups is 2. The molecule has 8 heteroatoms. The van der Waals surface area contributed by atoms with Gasteiger partial charge in [-0.3, -0.25) is 14.5 Å². The Morgan fingerprint density at radius 2 is 1.78 bits per heavy atom. The molecule has 0 unspecified atom stereocenters. The molecule has 0 spiro atoms. The van der Waals surface area contributed by atoms with Crippen molar-refractivity contribution < 1.29 is 19.1 Å². The molecule has 0 radical (unpaired) electrons. The van der Waals surface area contributed by atoms with Crippen LogP contribution < -0.4 is 19.7 Å². The van der Waals surface area contributed by atoms with Crippen molar-refractivity contribution in [2.24, 2.45) is 0 Å². The first kappa shape index (κ1) is 26.7. The van der Waals surface area contributed by atoms with Gasteiger partial charge in [0.05, 0.1) is 30.1 Å². The average Bonchev–Trinajstić information content (AvgIpc) is 3.26. The first-order valence-electron chi connectivity index (χ1n) is 12.9. The Bertz CT molecular complexity index is 1220. The molecular formula is C29H35N3O4S. The van der Waals surface area contributed by atoms with Crippen LogP contribution in [0.4, 0.5) is 5.69 Å². The number of thiazole rings is 1. The van der Waals surface area contributed by atoms with Crippen LogP contribution >= 0.6 is 11.3 Å². The SMILES string of the molecule is CCOc1ccccc1N(C(=O)c1sc(C)nc1C)[C@@H](C(=O)NC1CCCCC1)c1ccc(OC)cc1. The molecule has 2 amide bonds. The Labute approximate surface area is 222 Å². The van der Waals surface area contributed by atoms with Gasteiger partial charge in [0.1, 0.15) is 22.4 Å². The molecule has 7 nitrogen and oxygen atoms in total. The number of rotatable bonds is 9. The van der Waals surface area contributed by atoms with Gasteiger partial charge >= 0.3 is 0 Å². The third-order valence-electron chi connectivity index (χ3n) is 6.63. The fourth-order valence-electron chi connectivity index (χ4n) is 4.87. The van der Waals surface area contributed by atoms with E-state index < -0.39 is 6.04 Å². The highest BCUT2D eigenvalue weighted by molar-refractivity contribution is 7.13. The van der Waals surface area contributed by atoms with E-state index >= 15 is 0 Å². The van der Waals surface area contributed by atoms with Crippen LogP contribution in [-0.4, -0.2) is 36.6 Å². The fourth-order valence-corrected chi connectivity index (χ4v) is 5.73. The lowest BCUT2D eigenvalue weighted by molar-refractivity contribution is -0.123. The molecule has 4 rings (SSSR count). The van der Waals surface area contributed by atoms with Gasteiger partial charge in [0.2, 0.25) is 5.91 Å². The number of para-hydroxylation sites is 2. The van der Waals surface area contributed by atoms with Crippen molar-refractivity contribution in [3.05, 3.63) is 69.7 Å². The highest BCUT2D eigenvalue weighted by Crippen LogP contribution is 2.38. The summed E-state index contributed by atoms with van der Waals surface area (Å²) in [5.74, 6) is 0.725. The van der Waals surface area contributed by atoms with Gasteiger partial charge in [0.15, 0.2) is 0 Å². The molecule has 1 saturated carbocycles. The highest BCUT2D eigenvalue weighted by Gasteiger charge is 2.37. The van der Waals surface area contributed by atoms with E-state index in [0.717, 1.165) is 30.7 Å². The summed E-state index contributed by atoms with van der Waals surface area (Å²) in [6.45, 7) is 6.03. The van der Waals surface area contributed by atoms with Crippen molar-refractivity contribution in [2.75, 3.05) is 18.6 Å². The van der Waals surface area contributed by atoms with Crippen molar-refractivity contribution >= 4 is 28.8 Å². The van der Waals surface area contributed by atoms with E-state index in [0.29, 0.717) is 39.9 Å². The summed E-state index contributed by atoms with van der Waals surface area (Å²) in [5, 5.41) is 4.05. The number of nitrogens with one attached hydrogen (secondary N) is 1. The number of carbonyl (C=O) groups excluding carboxylic acids is 2. The van der Waals surface area contributed by atoms with Crippen LogP contribution in [0.1, 0.15) is 71.0 Å². The number of aromatic nitrogens is 1. The minimum absolute atomic E-state index is 0.0912. The molecule has 3 aromatic rings. The maximum atomic E-state index is 14.3. The second kappa shape index (κ2) is 12.2. The molecule has 0 saturated heterocycles. The second-order valence-electron chi connectivity index (χ2n) is 9.24. The summed E-state index contributed by atoms with van der Waals surface area (Å²) in [6, 6.07) is 13.9. The normalized spacial score (nSPS) is 14.6. The number of hydrogen-bond donors (Lipinski definition) is 1. The van der Waals surface area contributed by atoms with Gasteiger partial charge in [0, 0.05) is 6.04 Å². The lowest BCUT2D eigenvalue weighted by atomic mass is 9.94. The monoisotopic (exact) mass is 521 g/mol. The molecule has 1 fully saturated rings. The Balaban J connectivity index is 1.86. The molecule has 1 heterocycles. The number of amides is 2. The molecule has 0 bridgehead atoms. The number of nitrogens with zero attached hydrogens (tertiary/aromatic N) is 2. The van der Waals surface area contributed by atoms with Crippen LogP contribution in [-0.2, 0) is 4.79 Å². The van der Waals surface area contributed by atoms with Gasteiger partial charge in [-0.05, 0) is 63.4 Å². The van der Waals surface area contributed by atoms with Crippen LogP contribution in [0.3, 0.4) is 0 Å².